The van der Waals surface area contributed by atoms with Crippen molar-refractivity contribution in [2.24, 2.45) is 5.92 Å². The van der Waals surface area contributed by atoms with Crippen molar-refractivity contribution in [1.82, 2.24) is 9.88 Å². The Morgan fingerprint density at radius 1 is 1.65 bits per heavy atom. The Morgan fingerprint density at radius 2 is 2.35 bits per heavy atom. The molecular weight excluding hydrogens is 216 g/mol. The third-order valence-electron chi connectivity index (χ3n) is 3.21. The summed E-state index contributed by atoms with van der Waals surface area (Å²) >= 11 is 0. The molecule has 0 aliphatic heterocycles. The first kappa shape index (κ1) is 12.0. The largest absolute Gasteiger partial charge is 0.391 e. The number of aliphatic hydroxyl groups is 1. The van der Waals surface area contributed by atoms with Crippen LogP contribution in [0.4, 0.5) is 0 Å². The molecule has 4 nitrogen and oxygen atoms in total. The Hall–Kier alpha value is -1.42. The molecule has 1 heterocycles. The molecule has 1 aromatic heterocycles. The Bertz CT molecular complexity index is 416. The summed E-state index contributed by atoms with van der Waals surface area (Å²) in [6, 6.07) is 3.52. The van der Waals surface area contributed by atoms with Crippen LogP contribution in [0.1, 0.15) is 28.9 Å². The smallest absolute Gasteiger partial charge is 0.255 e. The minimum atomic E-state index is -0.388. The molecule has 92 valence electrons. The summed E-state index contributed by atoms with van der Waals surface area (Å²) in [6.45, 7) is 2.22. The molecule has 17 heavy (non-hydrogen) atoms. The average molecular weight is 234 g/mol. The number of carbonyl (C=O) groups is 1. The summed E-state index contributed by atoms with van der Waals surface area (Å²) in [5.74, 6) is 0.315. The van der Waals surface area contributed by atoms with Gasteiger partial charge in [0, 0.05) is 25.5 Å². The summed E-state index contributed by atoms with van der Waals surface area (Å²) in [5, 5.41) is 9.81. The maximum absolute atomic E-state index is 12.1. The Labute approximate surface area is 101 Å². The van der Waals surface area contributed by atoms with E-state index in [4.69, 9.17) is 0 Å². The van der Waals surface area contributed by atoms with Crippen LogP contribution in [0.15, 0.2) is 18.3 Å². The molecule has 1 atom stereocenters. The van der Waals surface area contributed by atoms with E-state index in [1.807, 2.05) is 6.92 Å². The molecular formula is C13H18N2O2. The highest BCUT2D eigenvalue weighted by molar-refractivity contribution is 5.95. The summed E-state index contributed by atoms with van der Waals surface area (Å²) in [5.41, 5.74) is 1.34. The lowest BCUT2D eigenvalue weighted by molar-refractivity contribution is 0.0644. The second-order valence-corrected chi connectivity index (χ2v) is 4.73. The fourth-order valence-corrected chi connectivity index (χ4v) is 1.91. The Morgan fingerprint density at radius 3 is 2.94 bits per heavy atom. The van der Waals surface area contributed by atoms with Gasteiger partial charge in [0.25, 0.3) is 5.91 Å². The van der Waals surface area contributed by atoms with Gasteiger partial charge >= 0.3 is 0 Å². The van der Waals surface area contributed by atoms with Crippen LogP contribution < -0.4 is 0 Å². The molecule has 1 aromatic rings. The highest BCUT2D eigenvalue weighted by Crippen LogP contribution is 2.32. The van der Waals surface area contributed by atoms with Gasteiger partial charge in [-0.2, -0.15) is 0 Å². The van der Waals surface area contributed by atoms with Gasteiger partial charge in [0.05, 0.1) is 11.7 Å². The quantitative estimate of drug-likeness (QED) is 0.852. The average Bonchev–Trinajstić information content (AvgIpc) is 3.12. The first-order valence-electron chi connectivity index (χ1n) is 5.94. The number of aryl methyl sites for hydroxylation is 1. The molecule has 2 rings (SSSR count). The number of hydrogen-bond donors (Lipinski definition) is 1. The molecule has 0 saturated heterocycles. The number of nitrogens with zero attached hydrogens (tertiary/aromatic N) is 2. The van der Waals surface area contributed by atoms with Gasteiger partial charge in [0.1, 0.15) is 0 Å². The minimum absolute atomic E-state index is 0.0738. The number of amides is 1. The van der Waals surface area contributed by atoms with Crippen molar-refractivity contribution in [3.8, 4) is 0 Å². The van der Waals surface area contributed by atoms with Crippen LogP contribution in [0.2, 0.25) is 0 Å². The van der Waals surface area contributed by atoms with Crippen molar-refractivity contribution >= 4 is 5.91 Å². The second-order valence-electron chi connectivity index (χ2n) is 4.73. The van der Waals surface area contributed by atoms with Crippen LogP contribution in [0.3, 0.4) is 0 Å². The fraction of sp³-hybridized carbons (Fsp3) is 0.538. The molecule has 0 spiro atoms. The van der Waals surface area contributed by atoms with Crippen molar-refractivity contribution in [3.63, 3.8) is 0 Å². The zero-order valence-corrected chi connectivity index (χ0v) is 10.3. The van der Waals surface area contributed by atoms with Crippen LogP contribution >= 0.6 is 0 Å². The predicted molar refractivity (Wildman–Crippen MR) is 64.7 cm³/mol. The zero-order valence-electron chi connectivity index (χ0n) is 10.3. The van der Waals surface area contributed by atoms with E-state index >= 15 is 0 Å². The van der Waals surface area contributed by atoms with E-state index < -0.39 is 0 Å². The van der Waals surface area contributed by atoms with Crippen LogP contribution in [-0.4, -0.2) is 40.6 Å². The van der Waals surface area contributed by atoms with E-state index in [2.05, 4.69) is 4.98 Å². The number of aliphatic hydroxyl groups excluding tert-OH is 1. The fourth-order valence-electron chi connectivity index (χ4n) is 1.91. The summed E-state index contributed by atoms with van der Waals surface area (Å²) in [4.78, 5) is 17.8. The lowest BCUT2D eigenvalue weighted by Crippen LogP contribution is -2.35. The van der Waals surface area contributed by atoms with E-state index in [-0.39, 0.29) is 12.0 Å². The molecule has 1 amide bonds. The highest BCUT2D eigenvalue weighted by atomic mass is 16.3. The lowest BCUT2D eigenvalue weighted by Gasteiger charge is -2.21. The third-order valence-corrected chi connectivity index (χ3v) is 3.21. The molecule has 1 saturated carbocycles. The van der Waals surface area contributed by atoms with Crippen LogP contribution in [0.5, 0.6) is 0 Å². The van der Waals surface area contributed by atoms with Gasteiger partial charge in [-0.05, 0) is 37.8 Å². The van der Waals surface area contributed by atoms with Crippen molar-refractivity contribution < 1.29 is 9.90 Å². The van der Waals surface area contributed by atoms with Gasteiger partial charge in [-0.1, -0.05) is 0 Å². The van der Waals surface area contributed by atoms with Crippen LogP contribution in [0.25, 0.3) is 0 Å². The number of likely N-dealkylation sites (N-methyl/N-ethyl adjacent to an activating group) is 1. The van der Waals surface area contributed by atoms with E-state index in [1.165, 1.54) is 0 Å². The lowest BCUT2D eigenvalue weighted by atomic mass is 10.1. The first-order chi connectivity index (χ1) is 8.09. The normalized spacial score (nSPS) is 16.6. The third kappa shape index (κ3) is 2.82. The molecule has 4 heteroatoms. The van der Waals surface area contributed by atoms with Gasteiger partial charge in [-0.25, -0.2) is 0 Å². The number of aromatic nitrogens is 1. The van der Waals surface area contributed by atoms with E-state index in [0.29, 0.717) is 18.0 Å². The zero-order chi connectivity index (χ0) is 12.4. The minimum Gasteiger partial charge on any atom is -0.391 e. The topological polar surface area (TPSA) is 53.4 Å². The Kier molecular flexibility index (Phi) is 3.43. The van der Waals surface area contributed by atoms with Gasteiger partial charge in [-0.15, -0.1) is 0 Å². The second kappa shape index (κ2) is 4.84. The number of hydrogen-bond acceptors (Lipinski definition) is 3. The maximum Gasteiger partial charge on any atom is 0.255 e. The summed E-state index contributed by atoms with van der Waals surface area (Å²) < 4.78 is 0. The van der Waals surface area contributed by atoms with E-state index in [9.17, 15) is 9.90 Å². The Balaban J connectivity index is 2.01. The van der Waals surface area contributed by atoms with Gasteiger partial charge in [0.2, 0.25) is 0 Å². The molecule has 1 unspecified atom stereocenters. The number of carbonyl (C=O) groups excluding carboxylic acids is 1. The highest BCUT2D eigenvalue weighted by Gasteiger charge is 2.31. The van der Waals surface area contributed by atoms with Crippen LogP contribution in [-0.2, 0) is 0 Å². The summed E-state index contributed by atoms with van der Waals surface area (Å²) in [6.07, 6.45) is 3.44. The molecule has 1 aliphatic rings. The molecule has 1 N–H and O–H groups in total. The number of pyridine rings is 1. The van der Waals surface area contributed by atoms with E-state index in [1.54, 1.807) is 30.3 Å². The summed E-state index contributed by atoms with van der Waals surface area (Å²) in [7, 11) is 1.72. The molecule has 1 aliphatic carbocycles. The van der Waals surface area contributed by atoms with Gasteiger partial charge in [-0.3, -0.25) is 9.78 Å². The molecule has 0 aromatic carbocycles. The van der Waals surface area contributed by atoms with Crippen molar-refractivity contribution in [3.05, 3.63) is 29.6 Å². The molecule has 1 fully saturated rings. The maximum atomic E-state index is 12.1. The predicted octanol–water partition coefficient (Wildman–Crippen LogP) is 1.23. The van der Waals surface area contributed by atoms with E-state index in [0.717, 1.165) is 18.5 Å². The standard InChI is InChI=1S/C13H18N2O2/c1-9-11(4-3-7-14-9)13(17)15(2)8-12(16)10-5-6-10/h3-4,7,10,12,16H,5-6,8H2,1-2H3. The number of rotatable bonds is 4. The van der Waals surface area contributed by atoms with Crippen LogP contribution in [0, 0.1) is 12.8 Å². The monoisotopic (exact) mass is 234 g/mol. The van der Waals surface area contributed by atoms with Crippen molar-refractivity contribution in [2.75, 3.05) is 13.6 Å². The first-order valence-corrected chi connectivity index (χ1v) is 5.94. The van der Waals surface area contributed by atoms with Gasteiger partial charge in [0.15, 0.2) is 0 Å². The molecule has 0 bridgehead atoms. The SMILES string of the molecule is Cc1ncccc1C(=O)N(C)CC(O)C1CC1. The van der Waals surface area contributed by atoms with Crippen molar-refractivity contribution in [1.29, 1.82) is 0 Å². The van der Waals surface area contributed by atoms with Gasteiger partial charge < -0.3 is 10.0 Å². The van der Waals surface area contributed by atoms with Crippen molar-refractivity contribution in [2.45, 2.75) is 25.9 Å². The molecule has 0 radical (unpaired) electrons.